The number of thioether (sulfide) groups is 2. The Hall–Kier alpha value is -3.33. The minimum Gasteiger partial charge on any atom is -0.478 e. The summed E-state index contributed by atoms with van der Waals surface area (Å²) in [5.41, 5.74) is 11.0. The average molecular weight is 616 g/mol. The zero-order valence-electron chi connectivity index (χ0n) is 20.0. The molecule has 2 amide bonds. The predicted molar refractivity (Wildman–Crippen MR) is 142 cm³/mol. The molecule has 0 aliphatic carbocycles. The lowest BCUT2D eigenvalue weighted by Gasteiger charge is -2.49. The number of carboxylic acid groups (broad SMARTS) is 2. The zero-order chi connectivity index (χ0) is 28.3. The standard InChI is InChI=1S/C19H21N9O7S4/c1-6(16(31)32)35-26-9(12-23-18(21)39-27-12)13(29)22-10-14(30)28-11(17(33)34)7(4-36-15(10)28)5-37-19-25-24-8(38-19)2-3-20/h6,10,15H,2-5,20H2,1H3,(H,22,29)(H,31,32)(H,33,34)(H2,21,23,27)/t6?,10?,15-/m0/s1. The molecule has 0 radical (unpaired) electrons. The molecule has 20 heteroatoms. The molecular formula is C19H21N9O7S4. The van der Waals surface area contributed by atoms with Gasteiger partial charge in [-0.25, -0.2) is 9.59 Å². The van der Waals surface area contributed by atoms with E-state index in [0.29, 0.717) is 28.6 Å². The number of β-lactam (4-membered cyclic amide) rings is 1. The van der Waals surface area contributed by atoms with E-state index in [4.69, 9.17) is 21.4 Å². The molecule has 4 heterocycles. The number of rotatable bonds is 12. The summed E-state index contributed by atoms with van der Waals surface area (Å²) in [6.07, 6.45) is -0.789. The van der Waals surface area contributed by atoms with Crippen LogP contribution in [-0.2, 0) is 30.4 Å². The number of hydrogen-bond acceptors (Lipinski definition) is 16. The maximum absolute atomic E-state index is 13.0. The Kier molecular flexibility index (Phi) is 9.00. The third kappa shape index (κ3) is 6.30. The summed E-state index contributed by atoms with van der Waals surface area (Å²) < 4.78 is 4.56. The van der Waals surface area contributed by atoms with Crippen LogP contribution in [0.5, 0.6) is 0 Å². The Bertz CT molecular complexity index is 1360. The van der Waals surface area contributed by atoms with Gasteiger partial charge in [-0.1, -0.05) is 28.3 Å². The fraction of sp³-hybridized carbons (Fsp3) is 0.421. The Labute approximate surface area is 236 Å². The fourth-order valence-electron chi connectivity index (χ4n) is 3.37. The van der Waals surface area contributed by atoms with Crippen LogP contribution in [0.2, 0.25) is 0 Å². The highest BCUT2D eigenvalue weighted by Crippen LogP contribution is 2.41. The van der Waals surface area contributed by atoms with Crippen molar-refractivity contribution in [2.75, 3.05) is 23.8 Å². The van der Waals surface area contributed by atoms with Gasteiger partial charge in [-0.3, -0.25) is 14.5 Å². The summed E-state index contributed by atoms with van der Waals surface area (Å²) in [6, 6.07) is -1.08. The molecule has 0 saturated carbocycles. The quantitative estimate of drug-likeness (QED) is 0.0848. The number of carbonyl (C=O) groups excluding carboxylic acids is 2. The molecule has 0 spiro atoms. The van der Waals surface area contributed by atoms with Crippen molar-refractivity contribution < 1.29 is 34.2 Å². The molecule has 2 aliphatic rings. The molecule has 1 saturated heterocycles. The second kappa shape index (κ2) is 12.2. The number of nitrogens with two attached hydrogens (primary N) is 2. The van der Waals surface area contributed by atoms with Gasteiger partial charge in [0.05, 0.1) is 0 Å². The number of aromatic nitrogens is 4. The second-order valence-electron chi connectivity index (χ2n) is 7.89. The van der Waals surface area contributed by atoms with Gasteiger partial charge in [-0.2, -0.15) is 9.36 Å². The van der Waals surface area contributed by atoms with E-state index in [1.165, 1.54) is 41.8 Å². The number of nitrogens with zero attached hydrogens (tertiary/aromatic N) is 6. The zero-order valence-corrected chi connectivity index (χ0v) is 23.2. The number of hydrogen-bond donors (Lipinski definition) is 5. The van der Waals surface area contributed by atoms with Crippen molar-refractivity contribution in [1.29, 1.82) is 0 Å². The maximum Gasteiger partial charge on any atom is 0.352 e. The molecule has 0 aromatic carbocycles. The highest BCUT2D eigenvalue weighted by atomic mass is 32.2. The molecule has 2 aromatic heterocycles. The van der Waals surface area contributed by atoms with E-state index in [0.717, 1.165) is 21.4 Å². The highest BCUT2D eigenvalue weighted by Gasteiger charge is 2.54. The minimum absolute atomic E-state index is 0.0243. The first kappa shape index (κ1) is 28.7. The van der Waals surface area contributed by atoms with E-state index >= 15 is 0 Å². The predicted octanol–water partition coefficient (Wildman–Crippen LogP) is -0.802. The topological polar surface area (TPSA) is 249 Å². The number of amides is 2. The van der Waals surface area contributed by atoms with E-state index < -0.39 is 47.0 Å². The number of fused-ring (bicyclic) bond motifs is 1. The number of carboxylic acids is 2. The Morgan fingerprint density at radius 2 is 2.10 bits per heavy atom. The van der Waals surface area contributed by atoms with Crippen molar-refractivity contribution >= 4 is 81.0 Å². The van der Waals surface area contributed by atoms with Gasteiger partial charge in [0.2, 0.25) is 17.6 Å². The lowest BCUT2D eigenvalue weighted by molar-refractivity contribution is -0.150. The lowest BCUT2D eigenvalue weighted by atomic mass is 10.0. The van der Waals surface area contributed by atoms with E-state index in [9.17, 15) is 24.3 Å². The monoisotopic (exact) mass is 615 g/mol. The van der Waals surface area contributed by atoms with Crippen LogP contribution in [-0.4, -0.2) is 99.7 Å². The van der Waals surface area contributed by atoms with Gasteiger partial charge in [0, 0.05) is 29.5 Å². The summed E-state index contributed by atoms with van der Waals surface area (Å²) in [7, 11) is 0. The van der Waals surface area contributed by atoms with Crippen LogP contribution < -0.4 is 16.8 Å². The Balaban J connectivity index is 1.48. The van der Waals surface area contributed by atoms with Crippen LogP contribution in [0.4, 0.5) is 5.13 Å². The van der Waals surface area contributed by atoms with Crippen LogP contribution in [0, 0.1) is 0 Å². The molecule has 39 heavy (non-hydrogen) atoms. The summed E-state index contributed by atoms with van der Waals surface area (Å²) in [4.78, 5) is 59.1. The van der Waals surface area contributed by atoms with Crippen LogP contribution in [0.3, 0.4) is 0 Å². The van der Waals surface area contributed by atoms with Gasteiger partial charge in [-0.05, 0) is 19.0 Å². The van der Waals surface area contributed by atoms with Crippen molar-refractivity contribution in [2.45, 2.75) is 35.2 Å². The van der Waals surface area contributed by atoms with Crippen molar-refractivity contribution in [1.82, 2.24) is 29.8 Å². The van der Waals surface area contributed by atoms with E-state index in [1.807, 2.05) is 0 Å². The van der Waals surface area contributed by atoms with E-state index in [2.05, 4.69) is 30.0 Å². The van der Waals surface area contributed by atoms with Gasteiger partial charge in [-0.15, -0.1) is 22.0 Å². The second-order valence-corrected chi connectivity index (χ2v) is 12.1. The molecule has 2 aromatic rings. The molecule has 1 fully saturated rings. The van der Waals surface area contributed by atoms with Crippen molar-refractivity contribution in [2.24, 2.45) is 10.9 Å². The van der Waals surface area contributed by atoms with Gasteiger partial charge >= 0.3 is 11.9 Å². The van der Waals surface area contributed by atoms with Gasteiger partial charge < -0.3 is 31.8 Å². The first-order valence-corrected chi connectivity index (χ1v) is 14.6. The Morgan fingerprint density at radius 3 is 2.74 bits per heavy atom. The number of carbonyl (C=O) groups is 4. The number of oxime groups is 1. The first-order valence-electron chi connectivity index (χ1n) is 11.0. The summed E-state index contributed by atoms with van der Waals surface area (Å²) >= 11 is 4.75. The van der Waals surface area contributed by atoms with E-state index in [-0.39, 0.29) is 22.4 Å². The summed E-state index contributed by atoms with van der Waals surface area (Å²) in [6.45, 7) is 1.65. The molecule has 7 N–H and O–H groups in total. The van der Waals surface area contributed by atoms with Gasteiger partial charge in [0.25, 0.3) is 11.8 Å². The maximum atomic E-state index is 13.0. The third-order valence-electron chi connectivity index (χ3n) is 5.23. The Morgan fingerprint density at radius 1 is 1.33 bits per heavy atom. The van der Waals surface area contributed by atoms with Crippen molar-refractivity contribution in [3.05, 3.63) is 22.1 Å². The van der Waals surface area contributed by atoms with Gasteiger partial charge in [0.15, 0.2) is 9.47 Å². The van der Waals surface area contributed by atoms with Crippen LogP contribution in [0.15, 0.2) is 20.8 Å². The van der Waals surface area contributed by atoms with E-state index in [1.54, 1.807) is 0 Å². The highest BCUT2D eigenvalue weighted by molar-refractivity contribution is 8.01. The van der Waals surface area contributed by atoms with Crippen LogP contribution >= 0.6 is 46.4 Å². The third-order valence-corrected chi connectivity index (χ3v) is 9.32. The average Bonchev–Trinajstić information content (AvgIpc) is 3.54. The molecule has 3 atom stereocenters. The largest absolute Gasteiger partial charge is 0.478 e. The molecule has 16 nitrogen and oxygen atoms in total. The first-order chi connectivity index (χ1) is 18.6. The molecular weight excluding hydrogens is 595 g/mol. The lowest BCUT2D eigenvalue weighted by Crippen LogP contribution is -2.71. The molecule has 4 rings (SSSR count). The SMILES string of the molecule is CC(ON=C(C(=O)NC1C(=O)N2C(C(=O)O)=C(CSc3nnc(CCN)s3)CS[C@@H]12)c1nsc(N)n1)C(=O)O. The minimum atomic E-state index is -1.38. The van der Waals surface area contributed by atoms with Crippen LogP contribution in [0.25, 0.3) is 0 Å². The number of aliphatic carboxylic acids is 2. The van der Waals surface area contributed by atoms with Gasteiger partial charge in [0.1, 0.15) is 22.1 Å². The molecule has 2 unspecified atom stereocenters. The summed E-state index contributed by atoms with van der Waals surface area (Å²) in [5.74, 6) is -3.78. The molecule has 208 valence electrons. The number of nitrogens with one attached hydrogen (secondary N) is 1. The summed E-state index contributed by atoms with van der Waals surface area (Å²) in [5, 5.41) is 33.2. The smallest absolute Gasteiger partial charge is 0.352 e. The molecule has 2 aliphatic heterocycles. The molecule has 0 bridgehead atoms. The fourth-order valence-corrected chi connectivity index (χ4v) is 7.20. The van der Waals surface area contributed by atoms with Crippen LogP contribution in [0.1, 0.15) is 17.8 Å². The normalized spacial score (nSPS) is 19.8. The van der Waals surface area contributed by atoms with Crippen molar-refractivity contribution in [3.63, 3.8) is 0 Å². The number of nitrogen functional groups attached to an aromatic ring is 1. The van der Waals surface area contributed by atoms with Crippen molar-refractivity contribution in [3.8, 4) is 0 Å². The number of anilines is 1.